The van der Waals surface area contributed by atoms with Crippen molar-refractivity contribution in [1.82, 2.24) is 14.7 Å². The molecular weight excluding hydrogens is 340 g/mol. The van der Waals surface area contributed by atoms with Gasteiger partial charge in [0.25, 0.3) is 0 Å². The van der Waals surface area contributed by atoms with Crippen molar-refractivity contribution in [2.75, 3.05) is 24.7 Å². The number of anilines is 1. The minimum Gasteiger partial charge on any atom is -0.481 e. The molecule has 2 N–H and O–H groups in total. The van der Waals surface area contributed by atoms with Crippen LogP contribution in [-0.2, 0) is 4.79 Å². The number of nitrogens with zero attached hydrogens (tertiary/aromatic N) is 3. The Balaban J connectivity index is 1.81. The average molecular weight is 360 g/mol. The molecule has 0 radical (unpaired) electrons. The Kier molecular flexibility index (Phi) is 5.28. The van der Waals surface area contributed by atoms with E-state index in [-0.39, 0.29) is 12.6 Å². The lowest BCUT2D eigenvalue weighted by molar-refractivity contribution is -0.143. The molecule has 3 rings (SSSR count). The van der Waals surface area contributed by atoms with Gasteiger partial charge in [-0.05, 0) is 31.2 Å². The van der Waals surface area contributed by atoms with Gasteiger partial charge in [-0.25, -0.2) is 9.48 Å². The van der Waals surface area contributed by atoms with Crippen LogP contribution in [0.25, 0.3) is 5.69 Å². The summed E-state index contributed by atoms with van der Waals surface area (Å²) in [6.45, 7) is 0.791. The SMILES string of the molecule is CSc1cnn(-c2ccccc2)c1NC(=O)N1CCCC(C(=O)O)C1. The summed E-state index contributed by atoms with van der Waals surface area (Å²) in [6, 6.07) is 9.26. The fourth-order valence-electron chi connectivity index (χ4n) is 2.91. The molecule has 1 fully saturated rings. The first-order valence-electron chi connectivity index (χ1n) is 8.06. The molecule has 25 heavy (non-hydrogen) atoms. The van der Waals surface area contributed by atoms with Gasteiger partial charge in [-0.3, -0.25) is 10.1 Å². The van der Waals surface area contributed by atoms with E-state index < -0.39 is 11.9 Å². The largest absolute Gasteiger partial charge is 0.481 e. The molecule has 1 aliphatic heterocycles. The fraction of sp³-hybridized carbons (Fsp3) is 0.353. The molecule has 2 heterocycles. The van der Waals surface area contributed by atoms with Gasteiger partial charge in [0.05, 0.1) is 22.7 Å². The number of urea groups is 1. The van der Waals surface area contributed by atoms with Crippen LogP contribution in [-0.4, -0.2) is 51.1 Å². The van der Waals surface area contributed by atoms with E-state index >= 15 is 0 Å². The number of likely N-dealkylation sites (tertiary alicyclic amines) is 1. The second-order valence-electron chi connectivity index (χ2n) is 5.86. The van der Waals surface area contributed by atoms with Crippen molar-refractivity contribution >= 4 is 29.6 Å². The maximum atomic E-state index is 12.7. The summed E-state index contributed by atoms with van der Waals surface area (Å²) in [5.74, 6) is -0.753. The quantitative estimate of drug-likeness (QED) is 0.819. The van der Waals surface area contributed by atoms with Crippen molar-refractivity contribution in [2.24, 2.45) is 5.92 Å². The summed E-state index contributed by atoms with van der Waals surface area (Å²) in [7, 11) is 0. The van der Waals surface area contributed by atoms with Gasteiger partial charge in [0.2, 0.25) is 0 Å². The summed E-state index contributed by atoms with van der Waals surface area (Å²) in [5.41, 5.74) is 0.847. The monoisotopic (exact) mass is 360 g/mol. The zero-order valence-electron chi connectivity index (χ0n) is 13.9. The molecule has 8 heteroatoms. The molecule has 0 bridgehead atoms. The van der Waals surface area contributed by atoms with E-state index in [0.29, 0.717) is 25.2 Å². The van der Waals surface area contributed by atoms with Crippen molar-refractivity contribution in [3.05, 3.63) is 36.5 Å². The lowest BCUT2D eigenvalue weighted by Gasteiger charge is -2.30. The second kappa shape index (κ2) is 7.60. The number of piperidine rings is 1. The highest BCUT2D eigenvalue weighted by atomic mass is 32.2. The number of amides is 2. The molecule has 1 unspecified atom stereocenters. The number of rotatable bonds is 4. The molecule has 2 aromatic rings. The summed E-state index contributed by atoms with van der Waals surface area (Å²) < 4.78 is 1.68. The Morgan fingerprint density at radius 3 is 2.76 bits per heavy atom. The molecule has 2 amide bonds. The van der Waals surface area contributed by atoms with Crippen LogP contribution in [0, 0.1) is 5.92 Å². The number of benzene rings is 1. The van der Waals surface area contributed by atoms with E-state index in [4.69, 9.17) is 0 Å². The van der Waals surface area contributed by atoms with Crippen LogP contribution in [0.2, 0.25) is 0 Å². The lowest BCUT2D eigenvalue weighted by Crippen LogP contribution is -2.44. The number of carbonyl (C=O) groups is 2. The van der Waals surface area contributed by atoms with Crippen molar-refractivity contribution in [1.29, 1.82) is 0 Å². The molecule has 132 valence electrons. The van der Waals surface area contributed by atoms with Gasteiger partial charge >= 0.3 is 12.0 Å². The molecule has 1 saturated heterocycles. The van der Waals surface area contributed by atoms with Crippen LogP contribution in [0.5, 0.6) is 0 Å². The van der Waals surface area contributed by atoms with Crippen LogP contribution in [0.4, 0.5) is 10.6 Å². The molecular formula is C17H20N4O3S. The third kappa shape index (κ3) is 3.79. The van der Waals surface area contributed by atoms with Crippen LogP contribution in [0.15, 0.2) is 41.4 Å². The van der Waals surface area contributed by atoms with E-state index in [1.54, 1.807) is 15.8 Å². The number of aliphatic carboxylic acids is 1. The summed E-state index contributed by atoms with van der Waals surface area (Å²) >= 11 is 1.49. The number of nitrogens with one attached hydrogen (secondary N) is 1. The predicted octanol–water partition coefficient (Wildman–Crippen LogP) is 2.92. The number of carboxylic acid groups (broad SMARTS) is 1. The van der Waals surface area contributed by atoms with Crippen LogP contribution in [0.1, 0.15) is 12.8 Å². The highest BCUT2D eigenvalue weighted by Gasteiger charge is 2.29. The van der Waals surface area contributed by atoms with Gasteiger partial charge in [0.1, 0.15) is 0 Å². The van der Waals surface area contributed by atoms with Crippen molar-refractivity contribution < 1.29 is 14.7 Å². The Labute approximate surface area is 150 Å². The maximum absolute atomic E-state index is 12.7. The predicted molar refractivity (Wildman–Crippen MR) is 96.3 cm³/mol. The molecule has 0 aliphatic carbocycles. The molecule has 7 nitrogen and oxygen atoms in total. The topological polar surface area (TPSA) is 87.5 Å². The number of hydrogen-bond donors (Lipinski definition) is 2. The maximum Gasteiger partial charge on any atom is 0.323 e. The smallest absolute Gasteiger partial charge is 0.323 e. The standard InChI is InChI=1S/C17H20N4O3S/c1-25-14-10-18-21(13-7-3-2-4-8-13)15(14)19-17(24)20-9-5-6-12(11-20)16(22)23/h2-4,7-8,10,12H,5-6,9,11H2,1H3,(H,19,24)(H,22,23). The van der Waals surface area contributed by atoms with Crippen LogP contribution in [0.3, 0.4) is 0 Å². The Morgan fingerprint density at radius 1 is 1.32 bits per heavy atom. The van der Waals surface area contributed by atoms with E-state index in [0.717, 1.165) is 10.6 Å². The van der Waals surface area contributed by atoms with Crippen molar-refractivity contribution in [2.45, 2.75) is 17.7 Å². The van der Waals surface area contributed by atoms with Crippen molar-refractivity contribution in [3.8, 4) is 5.69 Å². The zero-order chi connectivity index (χ0) is 17.8. The lowest BCUT2D eigenvalue weighted by atomic mass is 9.99. The summed E-state index contributed by atoms with van der Waals surface area (Å²) in [5, 5.41) is 16.5. The minimum atomic E-state index is -0.850. The minimum absolute atomic E-state index is 0.231. The van der Waals surface area contributed by atoms with E-state index in [9.17, 15) is 14.7 Å². The molecule has 1 aromatic heterocycles. The first-order chi connectivity index (χ1) is 12.1. The van der Waals surface area contributed by atoms with Crippen molar-refractivity contribution in [3.63, 3.8) is 0 Å². The van der Waals surface area contributed by atoms with E-state index in [1.165, 1.54) is 11.8 Å². The summed E-state index contributed by atoms with van der Waals surface area (Å²) in [6.07, 6.45) is 4.93. The second-order valence-corrected chi connectivity index (χ2v) is 6.71. The third-order valence-corrected chi connectivity index (χ3v) is 4.98. The van der Waals surface area contributed by atoms with Gasteiger partial charge in [0, 0.05) is 13.1 Å². The number of carboxylic acids is 1. The highest BCUT2D eigenvalue weighted by Crippen LogP contribution is 2.28. The number of para-hydroxylation sites is 1. The van der Waals surface area contributed by atoms with Gasteiger partial charge < -0.3 is 10.0 Å². The number of hydrogen-bond acceptors (Lipinski definition) is 4. The Hall–Kier alpha value is -2.48. The van der Waals surface area contributed by atoms with Gasteiger partial charge in [0.15, 0.2) is 5.82 Å². The highest BCUT2D eigenvalue weighted by molar-refractivity contribution is 7.98. The van der Waals surface area contributed by atoms with Gasteiger partial charge in [-0.1, -0.05) is 18.2 Å². The molecule has 1 aliphatic rings. The number of thioether (sulfide) groups is 1. The number of aromatic nitrogens is 2. The fourth-order valence-corrected chi connectivity index (χ4v) is 3.39. The first-order valence-corrected chi connectivity index (χ1v) is 9.28. The molecule has 0 saturated carbocycles. The van der Waals surface area contributed by atoms with E-state index in [2.05, 4.69) is 10.4 Å². The van der Waals surface area contributed by atoms with Crippen LogP contribution >= 0.6 is 11.8 Å². The number of carbonyl (C=O) groups excluding carboxylic acids is 1. The van der Waals surface area contributed by atoms with Crippen LogP contribution < -0.4 is 5.32 Å². The Morgan fingerprint density at radius 2 is 2.08 bits per heavy atom. The first kappa shape index (κ1) is 17.3. The zero-order valence-corrected chi connectivity index (χ0v) is 14.7. The normalized spacial score (nSPS) is 17.3. The van der Waals surface area contributed by atoms with Gasteiger partial charge in [-0.15, -0.1) is 11.8 Å². The molecule has 0 spiro atoms. The summed E-state index contributed by atoms with van der Waals surface area (Å²) in [4.78, 5) is 26.3. The third-order valence-electron chi connectivity index (χ3n) is 4.24. The molecule has 1 atom stereocenters. The van der Waals surface area contributed by atoms with E-state index in [1.807, 2.05) is 36.6 Å². The van der Waals surface area contributed by atoms with Gasteiger partial charge in [-0.2, -0.15) is 5.10 Å². The Bertz CT molecular complexity index is 763. The average Bonchev–Trinajstić information content (AvgIpc) is 3.05. The molecule has 1 aromatic carbocycles.